The lowest BCUT2D eigenvalue weighted by atomic mass is 10.2. The quantitative estimate of drug-likeness (QED) is 0.513. The van der Waals surface area contributed by atoms with Crippen LogP contribution in [0.15, 0.2) is 17.1 Å². The maximum atomic E-state index is 11.9. The fourth-order valence-electron chi connectivity index (χ4n) is 2.87. The number of anilines is 1. The van der Waals surface area contributed by atoms with Crippen molar-refractivity contribution < 1.29 is 19.5 Å². The molecule has 3 rings (SSSR count). The Balaban J connectivity index is 1.52. The van der Waals surface area contributed by atoms with Crippen LogP contribution in [-0.4, -0.2) is 46.0 Å². The van der Waals surface area contributed by atoms with Crippen LogP contribution in [-0.2, 0) is 14.3 Å². The van der Waals surface area contributed by atoms with Crippen LogP contribution in [0.1, 0.15) is 31.9 Å². The maximum Gasteiger partial charge on any atom is 0.351 e. The number of nitrogens with one attached hydrogen (secondary N) is 2. The fraction of sp³-hybridized carbons (Fsp3) is 0.643. The van der Waals surface area contributed by atoms with E-state index in [1.165, 1.54) is 16.8 Å². The zero-order chi connectivity index (χ0) is 16.2. The Labute approximate surface area is 132 Å². The summed E-state index contributed by atoms with van der Waals surface area (Å²) in [6.07, 6.45) is 3.97. The molecule has 23 heavy (non-hydrogen) atoms. The standard InChI is InChI=1S/C14H20N4O5/c19-13(10-2-1-6-15-10)22-8-9-3-4-12(23-9)18-7-5-11(17-21)16-14(18)20/h5,7,9-10,12,15,21H,1-4,6,8H2,(H,16,17,20). The Morgan fingerprint density at radius 1 is 1.52 bits per heavy atom. The summed E-state index contributed by atoms with van der Waals surface area (Å²) < 4.78 is 12.4. The monoisotopic (exact) mass is 324 g/mol. The van der Waals surface area contributed by atoms with Gasteiger partial charge in [0.25, 0.3) is 0 Å². The second-order valence-corrected chi connectivity index (χ2v) is 5.68. The van der Waals surface area contributed by atoms with Gasteiger partial charge >= 0.3 is 11.7 Å². The number of hydrogen-bond donors (Lipinski definition) is 3. The minimum atomic E-state index is -0.512. The van der Waals surface area contributed by atoms with Crippen molar-refractivity contribution in [2.45, 2.75) is 44.1 Å². The van der Waals surface area contributed by atoms with Crippen molar-refractivity contribution >= 4 is 11.8 Å². The third kappa shape index (κ3) is 3.69. The van der Waals surface area contributed by atoms with Crippen LogP contribution in [0.5, 0.6) is 0 Å². The largest absolute Gasteiger partial charge is 0.462 e. The molecule has 1 aromatic heterocycles. The van der Waals surface area contributed by atoms with Crippen molar-refractivity contribution in [3.05, 3.63) is 22.7 Å². The number of rotatable bonds is 5. The molecule has 0 aromatic carbocycles. The SMILES string of the molecule is O=C(OCC1CCC(n2ccc(NO)nc2=O)O1)C1CCCN1. The van der Waals surface area contributed by atoms with E-state index in [-0.39, 0.29) is 30.5 Å². The van der Waals surface area contributed by atoms with E-state index in [4.69, 9.17) is 14.7 Å². The van der Waals surface area contributed by atoms with Crippen LogP contribution in [0.2, 0.25) is 0 Å². The van der Waals surface area contributed by atoms with Crippen LogP contribution >= 0.6 is 0 Å². The van der Waals surface area contributed by atoms with Gasteiger partial charge in [-0.05, 0) is 38.3 Å². The van der Waals surface area contributed by atoms with Gasteiger partial charge in [-0.1, -0.05) is 0 Å². The first-order valence-corrected chi connectivity index (χ1v) is 7.72. The highest BCUT2D eigenvalue weighted by Crippen LogP contribution is 2.27. The Morgan fingerprint density at radius 2 is 2.39 bits per heavy atom. The molecule has 2 aliphatic heterocycles. The highest BCUT2D eigenvalue weighted by atomic mass is 16.6. The van der Waals surface area contributed by atoms with Gasteiger partial charge in [0.05, 0.1) is 6.10 Å². The molecule has 0 saturated carbocycles. The summed E-state index contributed by atoms with van der Waals surface area (Å²) in [7, 11) is 0. The minimum Gasteiger partial charge on any atom is -0.462 e. The molecule has 0 bridgehead atoms. The van der Waals surface area contributed by atoms with Crippen molar-refractivity contribution in [2.75, 3.05) is 18.6 Å². The van der Waals surface area contributed by atoms with E-state index in [1.807, 2.05) is 5.48 Å². The Hall–Kier alpha value is -1.97. The summed E-state index contributed by atoms with van der Waals surface area (Å²) >= 11 is 0. The molecule has 2 fully saturated rings. The fourth-order valence-corrected chi connectivity index (χ4v) is 2.87. The first-order chi connectivity index (χ1) is 11.2. The summed E-state index contributed by atoms with van der Waals surface area (Å²) in [6.45, 7) is 1.03. The molecule has 1 aromatic rings. The topological polar surface area (TPSA) is 115 Å². The molecule has 0 aliphatic carbocycles. The van der Waals surface area contributed by atoms with E-state index < -0.39 is 11.9 Å². The molecule has 9 heteroatoms. The second kappa shape index (κ2) is 7.07. The van der Waals surface area contributed by atoms with Crippen molar-refractivity contribution in [1.82, 2.24) is 14.9 Å². The molecule has 0 spiro atoms. The van der Waals surface area contributed by atoms with Gasteiger partial charge in [0, 0.05) is 6.20 Å². The Morgan fingerprint density at radius 3 is 3.09 bits per heavy atom. The van der Waals surface area contributed by atoms with Gasteiger partial charge in [0.15, 0.2) is 5.82 Å². The molecule has 3 unspecified atom stereocenters. The van der Waals surface area contributed by atoms with Gasteiger partial charge in [-0.3, -0.25) is 20.0 Å². The smallest absolute Gasteiger partial charge is 0.351 e. The summed E-state index contributed by atoms with van der Waals surface area (Å²) in [5.41, 5.74) is 1.31. The lowest BCUT2D eigenvalue weighted by Gasteiger charge is -2.17. The number of nitrogens with zero attached hydrogens (tertiary/aromatic N) is 2. The molecule has 9 nitrogen and oxygen atoms in total. The predicted molar refractivity (Wildman–Crippen MR) is 79.0 cm³/mol. The van der Waals surface area contributed by atoms with Crippen LogP contribution in [0, 0.1) is 0 Å². The molecule has 3 N–H and O–H groups in total. The van der Waals surface area contributed by atoms with Gasteiger partial charge in [0.2, 0.25) is 0 Å². The molecule has 2 saturated heterocycles. The highest BCUT2D eigenvalue weighted by Gasteiger charge is 2.30. The van der Waals surface area contributed by atoms with Gasteiger partial charge in [-0.2, -0.15) is 4.98 Å². The van der Waals surface area contributed by atoms with Gasteiger partial charge in [-0.25, -0.2) is 4.79 Å². The van der Waals surface area contributed by atoms with Crippen molar-refractivity contribution in [3.63, 3.8) is 0 Å². The van der Waals surface area contributed by atoms with Crippen LogP contribution in [0.3, 0.4) is 0 Å². The first kappa shape index (κ1) is 15.9. The number of carbonyl (C=O) groups is 1. The Kier molecular flexibility index (Phi) is 4.89. The van der Waals surface area contributed by atoms with Gasteiger partial charge in [-0.15, -0.1) is 0 Å². The van der Waals surface area contributed by atoms with E-state index in [9.17, 15) is 9.59 Å². The van der Waals surface area contributed by atoms with E-state index in [0.29, 0.717) is 12.8 Å². The van der Waals surface area contributed by atoms with E-state index in [1.54, 1.807) is 0 Å². The zero-order valence-electron chi connectivity index (χ0n) is 12.6. The molecule has 2 aliphatic rings. The lowest BCUT2D eigenvalue weighted by molar-refractivity contribution is -0.150. The van der Waals surface area contributed by atoms with E-state index in [0.717, 1.165) is 19.4 Å². The van der Waals surface area contributed by atoms with E-state index >= 15 is 0 Å². The van der Waals surface area contributed by atoms with Crippen LogP contribution in [0.25, 0.3) is 0 Å². The van der Waals surface area contributed by atoms with Crippen LogP contribution in [0.4, 0.5) is 5.82 Å². The second-order valence-electron chi connectivity index (χ2n) is 5.68. The molecule has 0 amide bonds. The minimum absolute atomic E-state index is 0.0822. The van der Waals surface area contributed by atoms with E-state index in [2.05, 4.69) is 10.3 Å². The highest BCUT2D eigenvalue weighted by molar-refractivity contribution is 5.76. The third-order valence-corrected chi connectivity index (χ3v) is 4.10. The summed E-state index contributed by atoms with van der Waals surface area (Å²) in [5, 5.41) is 11.8. The normalized spacial score (nSPS) is 27.1. The molecular weight excluding hydrogens is 304 g/mol. The molecule has 0 radical (unpaired) electrons. The number of ether oxygens (including phenoxy) is 2. The Bertz CT molecular complexity index is 613. The molecular formula is C14H20N4O5. The summed E-state index contributed by atoms with van der Waals surface area (Å²) in [4.78, 5) is 27.4. The van der Waals surface area contributed by atoms with Crippen molar-refractivity contribution in [1.29, 1.82) is 0 Å². The predicted octanol–water partition coefficient (Wildman–Crippen LogP) is 0.0172. The maximum absolute atomic E-state index is 11.9. The number of carbonyl (C=O) groups excluding carboxylic acids is 1. The molecule has 3 atom stereocenters. The van der Waals surface area contributed by atoms with Crippen molar-refractivity contribution in [3.8, 4) is 0 Å². The summed E-state index contributed by atoms with van der Waals surface area (Å²) in [5.74, 6) is -0.162. The number of aromatic nitrogens is 2. The number of hydrogen-bond acceptors (Lipinski definition) is 8. The lowest BCUT2D eigenvalue weighted by Crippen LogP contribution is -2.34. The average Bonchev–Trinajstić information content (AvgIpc) is 3.24. The van der Waals surface area contributed by atoms with Gasteiger partial charge < -0.3 is 14.8 Å². The van der Waals surface area contributed by atoms with Gasteiger partial charge in [0.1, 0.15) is 18.9 Å². The molecule has 3 heterocycles. The third-order valence-electron chi connectivity index (χ3n) is 4.10. The van der Waals surface area contributed by atoms with Crippen LogP contribution < -0.4 is 16.5 Å². The molecule has 126 valence electrons. The average molecular weight is 324 g/mol. The first-order valence-electron chi connectivity index (χ1n) is 7.72. The summed E-state index contributed by atoms with van der Waals surface area (Å²) in [6, 6.07) is 1.27. The van der Waals surface area contributed by atoms with Crippen molar-refractivity contribution in [2.24, 2.45) is 0 Å². The number of esters is 1. The zero-order valence-corrected chi connectivity index (χ0v) is 12.6.